The number of rotatable bonds is 4. The Bertz CT molecular complexity index is 942. The van der Waals surface area contributed by atoms with Crippen LogP contribution in [0.4, 0.5) is 0 Å². The van der Waals surface area contributed by atoms with Crippen molar-refractivity contribution < 1.29 is 24.2 Å². The Balaban J connectivity index is 1.93. The second-order valence-electron chi connectivity index (χ2n) is 11.6. The zero-order valence-electron chi connectivity index (χ0n) is 21.8. The van der Waals surface area contributed by atoms with E-state index in [1.165, 1.54) is 0 Å². The average Bonchev–Trinajstić information content (AvgIpc) is 3.13. The van der Waals surface area contributed by atoms with Crippen molar-refractivity contribution in [2.75, 3.05) is 19.8 Å². The fourth-order valence-electron chi connectivity index (χ4n) is 6.35. The molecule has 4 aliphatic heterocycles. The number of aliphatic hydroxyl groups is 1. The summed E-state index contributed by atoms with van der Waals surface area (Å²) >= 11 is 1.55. The number of hydrogen-bond donors (Lipinski definition) is 1. The Labute approximate surface area is 213 Å². The maximum Gasteiger partial charge on any atom is 0.311 e. The van der Waals surface area contributed by atoms with Crippen LogP contribution >= 0.6 is 11.8 Å². The van der Waals surface area contributed by atoms with E-state index in [4.69, 9.17) is 4.74 Å². The molecule has 0 aromatic rings. The summed E-state index contributed by atoms with van der Waals surface area (Å²) in [5.74, 6) is -2.18. The number of cyclic esters (lactones) is 1. The topological polar surface area (TPSA) is 87.2 Å². The maximum absolute atomic E-state index is 14.4. The van der Waals surface area contributed by atoms with Gasteiger partial charge in [-0.1, -0.05) is 44.6 Å². The Morgan fingerprint density at radius 1 is 1.17 bits per heavy atom. The van der Waals surface area contributed by atoms with Crippen LogP contribution < -0.4 is 0 Å². The number of carbonyl (C=O) groups is 3. The number of aliphatic hydroxyl groups excluding tert-OH is 1. The van der Waals surface area contributed by atoms with E-state index in [1.54, 1.807) is 16.7 Å². The lowest BCUT2D eigenvalue weighted by molar-refractivity contribution is -0.155. The zero-order valence-corrected chi connectivity index (χ0v) is 22.6. The van der Waals surface area contributed by atoms with Crippen molar-refractivity contribution in [2.24, 2.45) is 17.8 Å². The van der Waals surface area contributed by atoms with Crippen molar-refractivity contribution in [1.29, 1.82) is 0 Å². The molecule has 35 heavy (non-hydrogen) atoms. The quantitative estimate of drug-likeness (QED) is 0.468. The molecule has 4 rings (SSSR count). The minimum atomic E-state index is -0.920. The summed E-state index contributed by atoms with van der Waals surface area (Å²) < 4.78 is 4.07. The molecule has 8 heteroatoms. The van der Waals surface area contributed by atoms with Gasteiger partial charge in [0.25, 0.3) is 0 Å². The summed E-state index contributed by atoms with van der Waals surface area (Å²) in [5.41, 5.74) is -0.448. The molecule has 1 N–H and O–H groups in total. The fraction of sp³-hybridized carbons (Fsp3) is 0.741. The van der Waals surface area contributed by atoms with Crippen LogP contribution in [0.1, 0.15) is 60.8 Å². The van der Waals surface area contributed by atoms with Gasteiger partial charge in [-0.3, -0.25) is 14.4 Å². The van der Waals surface area contributed by atoms with Crippen LogP contribution in [-0.4, -0.2) is 79.6 Å². The van der Waals surface area contributed by atoms with Gasteiger partial charge >= 0.3 is 5.97 Å². The zero-order chi connectivity index (χ0) is 25.8. The average molecular weight is 505 g/mol. The van der Waals surface area contributed by atoms with Gasteiger partial charge in [-0.25, -0.2) is 0 Å². The smallest absolute Gasteiger partial charge is 0.311 e. The van der Waals surface area contributed by atoms with E-state index >= 15 is 0 Å². The number of amides is 2. The molecule has 194 valence electrons. The second-order valence-corrected chi connectivity index (χ2v) is 13.4. The van der Waals surface area contributed by atoms with E-state index in [9.17, 15) is 19.5 Å². The second kappa shape index (κ2) is 9.25. The lowest BCUT2D eigenvalue weighted by Gasteiger charge is -2.43. The standard InChI is InChI=1S/C27H40N2O5S/c1-7-17(2)18(16-30)29-21-23(32)28(25(3,4)5)14-11-13-27(21)19(22(29)31)20-24(33)34-15-10-8-9-12-26(20,6)35-27/h9,11-13,17-21,30H,7-8,10,14-16H2,1-6H3/b12-9-/t17-,18-,19-,20-,21?,26+,27-/m0/s1. The molecule has 0 aromatic carbocycles. The summed E-state index contributed by atoms with van der Waals surface area (Å²) in [6.07, 6.45) is 10.4. The van der Waals surface area contributed by atoms with Gasteiger partial charge in [-0.05, 0) is 46.5 Å². The highest BCUT2D eigenvalue weighted by atomic mass is 32.2. The highest BCUT2D eigenvalue weighted by molar-refractivity contribution is 8.02. The van der Waals surface area contributed by atoms with Crippen molar-refractivity contribution in [3.63, 3.8) is 0 Å². The van der Waals surface area contributed by atoms with Crippen LogP contribution in [0.25, 0.3) is 0 Å². The minimum absolute atomic E-state index is 0.00768. The van der Waals surface area contributed by atoms with Crippen LogP contribution in [0.3, 0.4) is 0 Å². The van der Waals surface area contributed by atoms with Crippen LogP contribution in [-0.2, 0) is 19.1 Å². The van der Waals surface area contributed by atoms with E-state index in [-0.39, 0.29) is 30.3 Å². The Hall–Kier alpha value is -1.80. The van der Waals surface area contributed by atoms with E-state index < -0.39 is 39.0 Å². The number of hydrogen-bond acceptors (Lipinski definition) is 6. The maximum atomic E-state index is 14.4. The molecule has 0 bridgehead atoms. The normalized spacial score (nSPS) is 37.9. The van der Waals surface area contributed by atoms with Crippen molar-refractivity contribution in [2.45, 2.75) is 87.9 Å². The largest absolute Gasteiger partial charge is 0.465 e. The third-order valence-corrected chi connectivity index (χ3v) is 10.1. The SMILES string of the molecule is CC[C@H](C)[C@H](CO)N1C(=O)[C@@H]2[C@H]3C(=O)OCCC/C=C\[C@@]3(C)S[C@@]23C=CCN(C(C)(C)C)C(=O)C13. The minimum Gasteiger partial charge on any atom is -0.465 e. The third-order valence-electron chi connectivity index (χ3n) is 8.34. The first-order chi connectivity index (χ1) is 16.4. The first kappa shape index (κ1) is 26.3. The molecule has 2 saturated heterocycles. The number of thioether (sulfide) groups is 1. The van der Waals surface area contributed by atoms with Crippen LogP contribution in [0.2, 0.25) is 0 Å². The number of esters is 1. The summed E-state index contributed by atoms with van der Waals surface area (Å²) in [4.78, 5) is 45.7. The number of carbonyl (C=O) groups excluding carboxylic acids is 3. The molecule has 4 aliphatic rings. The molecule has 1 spiro atoms. The number of fused-ring (bicyclic) bond motifs is 2. The molecule has 0 aliphatic carbocycles. The molecule has 7 atom stereocenters. The lowest BCUT2D eigenvalue weighted by Crippen LogP contribution is -2.60. The molecular formula is C27H40N2O5S. The van der Waals surface area contributed by atoms with Crippen molar-refractivity contribution in [3.8, 4) is 0 Å². The number of allylic oxidation sites excluding steroid dienone is 1. The first-order valence-corrected chi connectivity index (χ1v) is 13.7. The Kier molecular flexibility index (Phi) is 6.95. The van der Waals surface area contributed by atoms with Crippen molar-refractivity contribution >= 4 is 29.5 Å². The Morgan fingerprint density at radius 2 is 1.89 bits per heavy atom. The van der Waals surface area contributed by atoms with E-state index in [0.717, 1.165) is 19.3 Å². The van der Waals surface area contributed by atoms with Gasteiger partial charge in [0.1, 0.15) is 6.04 Å². The van der Waals surface area contributed by atoms with E-state index in [0.29, 0.717) is 13.2 Å². The molecule has 1 unspecified atom stereocenters. The molecular weight excluding hydrogens is 464 g/mol. The number of likely N-dealkylation sites (tertiary alicyclic amines) is 1. The van der Waals surface area contributed by atoms with Crippen molar-refractivity contribution in [1.82, 2.24) is 9.80 Å². The van der Waals surface area contributed by atoms with Gasteiger partial charge in [0, 0.05) is 16.8 Å². The monoisotopic (exact) mass is 504 g/mol. The van der Waals surface area contributed by atoms with Gasteiger partial charge in [0.15, 0.2) is 0 Å². The highest BCUT2D eigenvalue weighted by Gasteiger charge is 2.74. The predicted octanol–water partition coefficient (Wildman–Crippen LogP) is 3.17. The summed E-state index contributed by atoms with van der Waals surface area (Å²) in [6.45, 7) is 12.5. The molecule has 0 radical (unpaired) electrons. The number of nitrogens with zero attached hydrogens (tertiary/aromatic N) is 2. The fourth-order valence-corrected chi connectivity index (χ4v) is 8.49. The van der Waals surface area contributed by atoms with E-state index in [2.05, 4.69) is 12.2 Å². The van der Waals surface area contributed by atoms with Gasteiger partial charge in [-0.15, -0.1) is 11.8 Å². The summed E-state index contributed by atoms with van der Waals surface area (Å²) in [7, 11) is 0. The van der Waals surface area contributed by atoms with Crippen LogP contribution in [0.15, 0.2) is 24.3 Å². The summed E-state index contributed by atoms with van der Waals surface area (Å²) in [5, 5.41) is 10.4. The molecule has 2 fully saturated rings. The third kappa shape index (κ3) is 4.05. The summed E-state index contributed by atoms with van der Waals surface area (Å²) in [6, 6.07) is -1.31. The highest BCUT2D eigenvalue weighted by Crippen LogP contribution is 2.65. The molecule has 0 saturated carbocycles. The molecule has 2 amide bonds. The molecule has 0 aromatic heterocycles. The lowest BCUT2D eigenvalue weighted by atomic mass is 9.74. The predicted molar refractivity (Wildman–Crippen MR) is 137 cm³/mol. The van der Waals surface area contributed by atoms with Gasteiger partial charge in [-0.2, -0.15) is 0 Å². The molecule has 7 nitrogen and oxygen atoms in total. The Morgan fingerprint density at radius 3 is 2.51 bits per heavy atom. The van der Waals surface area contributed by atoms with Crippen LogP contribution in [0, 0.1) is 17.8 Å². The van der Waals surface area contributed by atoms with Crippen LogP contribution in [0.5, 0.6) is 0 Å². The molecule has 4 heterocycles. The van der Waals surface area contributed by atoms with Crippen molar-refractivity contribution in [3.05, 3.63) is 24.3 Å². The van der Waals surface area contributed by atoms with E-state index in [1.807, 2.05) is 58.6 Å². The van der Waals surface area contributed by atoms with Gasteiger partial charge in [0.05, 0.1) is 35.8 Å². The van der Waals surface area contributed by atoms with Gasteiger partial charge < -0.3 is 19.6 Å². The number of ether oxygens (including phenoxy) is 1. The van der Waals surface area contributed by atoms with Gasteiger partial charge in [0.2, 0.25) is 11.8 Å². The first-order valence-electron chi connectivity index (χ1n) is 12.9.